The maximum Gasteiger partial charge on any atom is 0.200 e. The molecule has 0 aliphatic heterocycles. The number of hydrogen-bond acceptors (Lipinski definition) is 4. The molecule has 1 aromatic heterocycles. The highest BCUT2D eigenvalue weighted by Crippen LogP contribution is 2.39. The van der Waals surface area contributed by atoms with E-state index in [1.54, 1.807) is 6.07 Å². The quantitative estimate of drug-likeness (QED) is 0.926. The first kappa shape index (κ1) is 13.9. The molecule has 1 N–H and O–H groups in total. The van der Waals surface area contributed by atoms with E-state index in [0.29, 0.717) is 46.0 Å². The molecule has 1 aliphatic carbocycles. The van der Waals surface area contributed by atoms with Crippen LogP contribution in [0.5, 0.6) is 11.5 Å². The molecule has 0 amide bonds. The van der Waals surface area contributed by atoms with Crippen molar-refractivity contribution in [1.29, 1.82) is 0 Å². The summed E-state index contributed by atoms with van der Waals surface area (Å²) in [5.41, 5.74) is 1.11. The Balaban J connectivity index is 2.47. The number of carbonyl (C=O) groups is 1. The predicted molar refractivity (Wildman–Crippen MR) is 80.0 cm³/mol. The van der Waals surface area contributed by atoms with E-state index in [2.05, 4.69) is 4.98 Å². The third-order valence-electron chi connectivity index (χ3n) is 3.77. The third-order valence-corrected chi connectivity index (χ3v) is 4.13. The van der Waals surface area contributed by atoms with Gasteiger partial charge in [0.25, 0.3) is 0 Å². The molecule has 0 unspecified atom stereocenters. The van der Waals surface area contributed by atoms with Crippen LogP contribution in [0.2, 0.25) is 5.02 Å². The number of fused-ring (bicyclic) bond motifs is 2. The van der Waals surface area contributed by atoms with Crippen LogP contribution in [0.25, 0.3) is 10.9 Å². The minimum atomic E-state index is -0.295. The second kappa shape index (κ2) is 5.07. The number of aryl methyl sites for hydroxylation is 1. The van der Waals surface area contributed by atoms with Gasteiger partial charge < -0.3 is 14.5 Å². The molecule has 21 heavy (non-hydrogen) atoms. The Bertz CT molecular complexity index is 810. The second-order valence-corrected chi connectivity index (χ2v) is 5.31. The Kier molecular flexibility index (Phi) is 3.37. The summed E-state index contributed by atoms with van der Waals surface area (Å²) in [6, 6.07) is 1.54. The van der Waals surface area contributed by atoms with Gasteiger partial charge in [-0.1, -0.05) is 11.6 Å². The predicted octanol–water partition coefficient (Wildman–Crippen LogP) is 2.72. The number of H-pyrrole nitrogens is 1. The van der Waals surface area contributed by atoms with E-state index in [9.17, 15) is 9.59 Å². The number of hydrogen-bond donors (Lipinski definition) is 1. The van der Waals surface area contributed by atoms with Crippen molar-refractivity contribution in [2.24, 2.45) is 0 Å². The topological polar surface area (TPSA) is 68.4 Å². The van der Waals surface area contributed by atoms with Gasteiger partial charge in [0.15, 0.2) is 11.5 Å². The number of halogens is 1. The number of ether oxygens (including phenoxy) is 2. The molecule has 0 bridgehead atoms. The second-order valence-electron chi connectivity index (χ2n) is 4.93. The number of pyridine rings is 1. The highest BCUT2D eigenvalue weighted by molar-refractivity contribution is 6.34. The Morgan fingerprint density at radius 1 is 1.19 bits per heavy atom. The number of nitrogens with one attached hydrogen (secondary N) is 1. The minimum Gasteiger partial charge on any atom is -0.495 e. The first-order chi connectivity index (χ1) is 10.1. The number of aromatic amines is 1. The van der Waals surface area contributed by atoms with Gasteiger partial charge in [0, 0.05) is 12.1 Å². The molecule has 1 aliphatic rings. The molecule has 0 fully saturated rings. The molecule has 110 valence electrons. The molecule has 0 spiro atoms. The van der Waals surface area contributed by atoms with E-state index in [1.807, 2.05) is 0 Å². The van der Waals surface area contributed by atoms with Crippen LogP contribution in [-0.4, -0.2) is 25.0 Å². The Morgan fingerprint density at radius 3 is 2.62 bits per heavy atom. The lowest BCUT2D eigenvalue weighted by molar-refractivity contribution is 0.0970. The van der Waals surface area contributed by atoms with Gasteiger partial charge in [-0.05, 0) is 18.9 Å². The van der Waals surface area contributed by atoms with E-state index in [4.69, 9.17) is 21.1 Å². The lowest BCUT2D eigenvalue weighted by Crippen LogP contribution is -2.23. The maximum atomic E-state index is 12.6. The van der Waals surface area contributed by atoms with Gasteiger partial charge in [-0.15, -0.1) is 0 Å². The molecule has 1 heterocycles. The summed E-state index contributed by atoms with van der Waals surface area (Å²) in [5, 5.41) is 0.646. The highest BCUT2D eigenvalue weighted by Gasteiger charge is 2.25. The number of aromatic nitrogens is 1. The van der Waals surface area contributed by atoms with E-state index >= 15 is 0 Å². The number of Topliss-reactive ketones (excluding diaryl/α,β-unsaturated/α-hetero) is 1. The smallest absolute Gasteiger partial charge is 0.200 e. The molecule has 0 saturated carbocycles. The standard InChI is InChI=1S/C15H14ClNO4/c1-20-10-6-7-13(15(21-2)12(10)16)17-8-4-3-5-9(18)11(8)14(7)19/h6H,3-5H2,1-2H3,(H,17,19). The summed E-state index contributed by atoms with van der Waals surface area (Å²) in [4.78, 5) is 27.8. The SMILES string of the molecule is COc1cc2c(=O)c3c([nH]c2c(OC)c1Cl)CCCC3=O. The lowest BCUT2D eigenvalue weighted by Gasteiger charge is -2.17. The van der Waals surface area contributed by atoms with Crippen LogP contribution < -0.4 is 14.9 Å². The van der Waals surface area contributed by atoms with Crippen LogP contribution in [0.4, 0.5) is 0 Å². The Morgan fingerprint density at radius 2 is 1.95 bits per heavy atom. The summed E-state index contributed by atoms with van der Waals surface area (Å²) < 4.78 is 10.5. The van der Waals surface area contributed by atoms with Crippen molar-refractivity contribution in [1.82, 2.24) is 4.98 Å². The van der Waals surface area contributed by atoms with Crippen LogP contribution in [0, 0.1) is 0 Å². The lowest BCUT2D eigenvalue weighted by atomic mass is 9.93. The van der Waals surface area contributed by atoms with Gasteiger partial charge in [-0.3, -0.25) is 9.59 Å². The van der Waals surface area contributed by atoms with Crippen LogP contribution in [0.15, 0.2) is 10.9 Å². The van der Waals surface area contributed by atoms with Crippen molar-refractivity contribution in [3.63, 3.8) is 0 Å². The van der Waals surface area contributed by atoms with Crippen molar-refractivity contribution < 1.29 is 14.3 Å². The third kappa shape index (κ3) is 2.00. The summed E-state index contributed by atoms with van der Waals surface area (Å²) in [7, 11) is 2.94. The molecule has 3 rings (SSSR count). The van der Waals surface area contributed by atoms with Gasteiger partial charge >= 0.3 is 0 Å². The highest BCUT2D eigenvalue weighted by atomic mass is 35.5. The van der Waals surface area contributed by atoms with Gasteiger partial charge in [0.05, 0.1) is 30.7 Å². The fourth-order valence-corrected chi connectivity index (χ4v) is 3.08. The summed E-state index contributed by atoms with van der Waals surface area (Å²) >= 11 is 6.21. The molecular weight excluding hydrogens is 294 g/mol. The first-order valence-corrected chi connectivity index (χ1v) is 6.98. The first-order valence-electron chi connectivity index (χ1n) is 6.61. The van der Waals surface area contributed by atoms with Crippen molar-refractivity contribution in [2.75, 3.05) is 14.2 Å². The average Bonchev–Trinajstić information content (AvgIpc) is 2.47. The molecular formula is C15H14ClNO4. The van der Waals surface area contributed by atoms with Crippen LogP contribution >= 0.6 is 11.6 Å². The van der Waals surface area contributed by atoms with Crippen LogP contribution in [-0.2, 0) is 6.42 Å². The average molecular weight is 308 g/mol. The largest absolute Gasteiger partial charge is 0.495 e. The molecule has 6 heteroatoms. The van der Waals surface area contributed by atoms with Gasteiger partial charge in [0.1, 0.15) is 10.8 Å². The monoisotopic (exact) mass is 307 g/mol. The molecule has 0 atom stereocenters. The molecule has 1 aromatic carbocycles. The van der Waals surface area contributed by atoms with Crippen LogP contribution in [0.1, 0.15) is 28.9 Å². The van der Waals surface area contributed by atoms with E-state index in [-0.39, 0.29) is 16.8 Å². The van der Waals surface area contributed by atoms with Gasteiger partial charge in [-0.25, -0.2) is 0 Å². The van der Waals surface area contributed by atoms with Crippen LogP contribution in [0.3, 0.4) is 0 Å². The van der Waals surface area contributed by atoms with E-state index < -0.39 is 0 Å². The number of methoxy groups -OCH3 is 2. The Hall–Kier alpha value is -2.01. The van der Waals surface area contributed by atoms with E-state index in [1.165, 1.54) is 14.2 Å². The van der Waals surface area contributed by atoms with Gasteiger partial charge in [-0.2, -0.15) is 0 Å². The van der Waals surface area contributed by atoms with Crippen molar-refractivity contribution in [3.8, 4) is 11.5 Å². The molecule has 0 saturated heterocycles. The number of rotatable bonds is 2. The van der Waals surface area contributed by atoms with Gasteiger partial charge in [0.2, 0.25) is 5.43 Å². The zero-order valence-electron chi connectivity index (χ0n) is 11.7. The fourth-order valence-electron chi connectivity index (χ4n) is 2.77. The zero-order valence-corrected chi connectivity index (χ0v) is 12.5. The zero-order chi connectivity index (χ0) is 15.1. The fraction of sp³-hybridized carbons (Fsp3) is 0.333. The van der Waals surface area contributed by atoms with Crippen molar-refractivity contribution >= 4 is 28.3 Å². The summed E-state index contributed by atoms with van der Waals surface area (Å²) in [6.07, 6.45) is 1.81. The molecule has 0 radical (unpaired) electrons. The normalized spacial score (nSPS) is 14.1. The summed E-state index contributed by atoms with van der Waals surface area (Å²) in [6.45, 7) is 0. The molecule has 2 aromatic rings. The summed E-state index contributed by atoms with van der Waals surface area (Å²) in [5.74, 6) is 0.575. The number of carbonyl (C=O) groups excluding carboxylic acids is 1. The maximum absolute atomic E-state index is 12.6. The van der Waals surface area contributed by atoms with E-state index in [0.717, 1.165) is 6.42 Å². The van der Waals surface area contributed by atoms with Crippen molar-refractivity contribution in [2.45, 2.75) is 19.3 Å². The molecule has 5 nitrogen and oxygen atoms in total. The number of benzene rings is 1. The number of ketones is 1. The minimum absolute atomic E-state index is 0.118. The van der Waals surface area contributed by atoms with Crippen molar-refractivity contribution in [3.05, 3.63) is 32.6 Å². The Labute approximate surface area is 125 Å².